The van der Waals surface area contributed by atoms with Crippen LogP contribution in [0.25, 0.3) is 0 Å². The standard InChI is InChI=1S/C21H19Cl2N3O/c1-14(26-21(27)17-11-24-13-25-12-17)20(16-4-8-19(23)9-5-16)10-15-2-6-18(22)7-3-15/h2-9,11-14,20H,10H2,1H3,(H,26,27)/t14-,20+/m1/s1. The molecule has 0 aliphatic carbocycles. The van der Waals surface area contributed by atoms with Gasteiger partial charge in [0.15, 0.2) is 0 Å². The zero-order chi connectivity index (χ0) is 19.2. The molecule has 138 valence electrons. The van der Waals surface area contributed by atoms with Gasteiger partial charge in [-0.3, -0.25) is 4.79 Å². The molecule has 0 saturated heterocycles. The second-order valence-electron chi connectivity index (χ2n) is 6.38. The van der Waals surface area contributed by atoms with E-state index in [0.29, 0.717) is 15.6 Å². The van der Waals surface area contributed by atoms with Crippen LogP contribution >= 0.6 is 23.2 Å². The zero-order valence-corrected chi connectivity index (χ0v) is 16.3. The van der Waals surface area contributed by atoms with Crippen LogP contribution in [0.5, 0.6) is 0 Å². The van der Waals surface area contributed by atoms with Gasteiger partial charge >= 0.3 is 0 Å². The maximum Gasteiger partial charge on any atom is 0.254 e. The van der Waals surface area contributed by atoms with E-state index in [-0.39, 0.29) is 17.9 Å². The van der Waals surface area contributed by atoms with Gasteiger partial charge in [-0.05, 0) is 48.7 Å². The Balaban J connectivity index is 1.82. The van der Waals surface area contributed by atoms with Crippen LogP contribution in [0.2, 0.25) is 10.0 Å². The van der Waals surface area contributed by atoms with Crippen molar-refractivity contribution in [2.45, 2.75) is 25.3 Å². The number of benzene rings is 2. The SMILES string of the molecule is C[C@@H](NC(=O)c1cncnc1)[C@H](Cc1ccc(Cl)cc1)c1ccc(Cl)cc1. The predicted octanol–water partition coefficient (Wildman–Crippen LogP) is 4.93. The second kappa shape index (κ2) is 8.98. The van der Waals surface area contributed by atoms with Crippen molar-refractivity contribution in [3.63, 3.8) is 0 Å². The van der Waals surface area contributed by atoms with Gasteiger partial charge in [0.2, 0.25) is 0 Å². The van der Waals surface area contributed by atoms with E-state index in [1.165, 1.54) is 18.7 Å². The Hall–Kier alpha value is -2.43. The fraction of sp³-hybridized carbons (Fsp3) is 0.190. The lowest BCUT2D eigenvalue weighted by atomic mass is 9.86. The molecular formula is C21H19Cl2N3O. The Morgan fingerprint density at radius 1 is 0.963 bits per heavy atom. The van der Waals surface area contributed by atoms with Gasteiger partial charge in [0, 0.05) is 34.4 Å². The number of hydrogen-bond donors (Lipinski definition) is 1. The number of amides is 1. The van der Waals surface area contributed by atoms with Gasteiger partial charge in [-0.25, -0.2) is 9.97 Å². The summed E-state index contributed by atoms with van der Waals surface area (Å²) in [4.78, 5) is 20.3. The minimum Gasteiger partial charge on any atom is -0.349 e. The van der Waals surface area contributed by atoms with Gasteiger partial charge in [-0.2, -0.15) is 0 Å². The highest BCUT2D eigenvalue weighted by atomic mass is 35.5. The molecule has 0 radical (unpaired) electrons. The highest BCUT2D eigenvalue weighted by Gasteiger charge is 2.22. The molecule has 27 heavy (non-hydrogen) atoms. The van der Waals surface area contributed by atoms with Crippen LogP contribution < -0.4 is 5.32 Å². The highest BCUT2D eigenvalue weighted by molar-refractivity contribution is 6.30. The lowest BCUT2D eigenvalue weighted by molar-refractivity contribution is 0.0933. The summed E-state index contributed by atoms with van der Waals surface area (Å²) >= 11 is 12.0. The first-order valence-electron chi connectivity index (χ1n) is 8.58. The van der Waals surface area contributed by atoms with E-state index in [1.54, 1.807) is 0 Å². The van der Waals surface area contributed by atoms with E-state index >= 15 is 0 Å². The predicted molar refractivity (Wildman–Crippen MR) is 108 cm³/mol. The van der Waals surface area contributed by atoms with Gasteiger partial charge in [0.25, 0.3) is 5.91 Å². The fourth-order valence-electron chi connectivity index (χ4n) is 2.97. The average molecular weight is 400 g/mol. The molecule has 1 aromatic heterocycles. The third-order valence-electron chi connectivity index (χ3n) is 4.45. The maximum absolute atomic E-state index is 12.5. The summed E-state index contributed by atoms with van der Waals surface area (Å²) in [5.41, 5.74) is 2.68. The number of halogens is 2. The van der Waals surface area contributed by atoms with Crippen LogP contribution in [0.4, 0.5) is 0 Å². The number of nitrogens with one attached hydrogen (secondary N) is 1. The van der Waals surface area contributed by atoms with Gasteiger partial charge in [0.05, 0.1) is 5.56 Å². The van der Waals surface area contributed by atoms with Gasteiger partial charge < -0.3 is 5.32 Å². The number of rotatable bonds is 6. The van der Waals surface area contributed by atoms with Crippen LogP contribution in [0.1, 0.15) is 34.3 Å². The number of aromatic nitrogens is 2. The summed E-state index contributed by atoms with van der Waals surface area (Å²) in [6.07, 6.45) is 5.17. The Kier molecular flexibility index (Phi) is 6.43. The fourth-order valence-corrected chi connectivity index (χ4v) is 3.23. The first-order valence-corrected chi connectivity index (χ1v) is 9.34. The maximum atomic E-state index is 12.5. The first kappa shape index (κ1) is 19.3. The van der Waals surface area contributed by atoms with Gasteiger partial charge in [0.1, 0.15) is 6.33 Å². The summed E-state index contributed by atoms with van der Waals surface area (Å²) in [7, 11) is 0. The molecule has 2 aromatic carbocycles. The molecule has 0 spiro atoms. The van der Waals surface area contributed by atoms with E-state index in [4.69, 9.17) is 23.2 Å². The van der Waals surface area contributed by atoms with E-state index < -0.39 is 0 Å². The van der Waals surface area contributed by atoms with E-state index in [2.05, 4.69) is 15.3 Å². The van der Waals surface area contributed by atoms with Crippen molar-refractivity contribution < 1.29 is 4.79 Å². The van der Waals surface area contributed by atoms with Crippen molar-refractivity contribution in [1.82, 2.24) is 15.3 Å². The summed E-state index contributed by atoms with van der Waals surface area (Å²) in [6.45, 7) is 2.00. The molecule has 3 aromatic rings. The topological polar surface area (TPSA) is 54.9 Å². The van der Waals surface area contributed by atoms with Crippen molar-refractivity contribution in [1.29, 1.82) is 0 Å². The van der Waals surface area contributed by atoms with Crippen molar-refractivity contribution in [3.8, 4) is 0 Å². The monoisotopic (exact) mass is 399 g/mol. The molecule has 0 unspecified atom stereocenters. The van der Waals surface area contributed by atoms with Gasteiger partial charge in [-0.1, -0.05) is 47.5 Å². The number of carbonyl (C=O) groups excluding carboxylic acids is 1. The lowest BCUT2D eigenvalue weighted by Gasteiger charge is -2.26. The van der Waals surface area contributed by atoms with Crippen molar-refractivity contribution in [2.24, 2.45) is 0 Å². The molecule has 0 saturated carbocycles. The van der Waals surface area contributed by atoms with Crippen LogP contribution in [0, 0.1) is 0 Å². The minimum atomic E-state index is -0.196. The van der Waals surface area contributed by atoms with E-state index in [9.17, 15) is 4.79 Å². The smallest absolute Gasteiger partial charge is 0.254 e. The number of nitrogens with zero attached hydrogens (tertiary/aromatic N) is 2. The molecule has 0 fully saturated rings. The number of hydrogen-bond acceptors (Lipinski definition) is 3. The molecule has 4 nitrogen and oxygen atoms in total. The van der Waals surface area contributed by atoms with Gasteiger partial charge in [-0.15, -0.1) is 0 Å². The third-order valence-corrected chi connectivity index (χ3v) is 4.96. The van der Waals surface area contributed by atoms with Crippen molar-refractivity contribution >= 4 is 29.1 Å². The summed E-state index contributed by atoms with van der Waals surface area (Å²) in [6, 6.07) is 15.4. The molecule has 1 heterocycles. The highest BCUT2D eigenvalue weighted by Crippen LogP contribution is 2.27. The van der Waals surface area contributed by atoms with Crippen molar-refractivity contribution in [2.75, 3.05) is 0 Å². The largest absolute Gasteiger partial charge is 0.349 e. The lowest BCUT2D eigenvalue weighted by Crippen LogP contribution is -2.38. The summed E-state index contributed by atoms with van der Waals surface area (Å²) in [5.74, 6) is -0.129. The second-order valence-corrected chi connectivity index (χ2v) is 7.25. The molecule has 0 aliphatic rings. The molecule has 6 heteroatoms. The van der Waals surface area contributed by atoms with E-state index in [1.807, 2.05) is 55.5 Å². The minimum absolute atomic E-state index is 0.0667. The molecule has 3 rings (SSSR count). The van der Waals surface area contributed by atoms with Crippen LogP contribution in [-0.2, 0) is 6.42 Å². The van der Waals surface area contributed by atoms with Crippen LogP contribution in [-0.4, -0.2) is 21.9 Å². The molecule has 1 N–H and O–H groups in total. The van der Waals surface area contributed by atoms with Crippen molar-refractivity contribution in [3.05, 3.63) is 94.0 Å². The molecule has 0 aliphatic heterocycles. The summed E-state index contributed by atoms with van der Waals surface area (Å²) in [5, 5.41) is 4.45. The first-order chi connectivity index (χ1) is 13.0. The third kappa shape index (κ3) is 5.28. The summed E-state index contributed by atoms with van der Waals surface area (Å²) < 4.78 is 0. The quantitative estimate of drug-likeness (QED) is 0.639. The normalized spacial score (nSPS) is 13.0. The Labute approximate surface area is 168 Å². The Morgan fingerprint density at radius 3 is 2.11 bits per heavy atom. The molecular weight excluding hydrogens is 381 g/mol. The Morgan fingerprint density at radius 2 is 1.52 bits per heavy atom. The molecule has 2 atom stereocenters. The van der Waals surface area contributed by atoms with E-state index in [0.717, 1.165) is 17.5 Å². The van der Waals surface area contributed by atoms with Crippen LogP contribution in [0.15, 0.2) is 67.3 Å². The Bertz CT molecular complexity index is 884. The molecule has 1 amide bonds. The zero-order valence-electron chi connectivity index (χ0n) is 14.8. The van der Waals surface area contributed by atoms with Crippen LogP contribution in [0.3, 0.4) is 0 Å². The number of carbonyl (C=O) groups is 1. The molecule has 0 bridgehead atoms. The average Bonchev–Trinajstić information content (AvgIpc) is 2.69.